The number of nitrogens with one attached hydrogen (secondary N) is 1. The third-order valence-corrected chi connectivity index (χ3v) is 5.50. The molecule has 0 radical (unpaired) electrons. The molecule has 0 aliphatic heterocycles. The van der Waals surface area contributed by atoms with E-state index in [0.29, 0.717) is 33.5 Å². The minimum atomic E-state index is -6.00. The number of aromatic amines is 1. The van der Waals surface area contributed by atoms with E-state index < -0.39 is 36.0 Å². The second-order valence-electron chi connectivity index (χ2n) is 7.92. The molecule has 2 heterocycles. The molecule has 2 aromatic heterocycles. The Hall–Kier alpha value is -4.16. The Bertz CT molecular complexity index is 1360. The van der Waals surface area contributed by atoms with Crippen LogP contribution in [0.2, 0.25) is 0 Å². The van der Waals surface area contributed by atoms with Crippen molar-refractivity contribution in [2.75, 3.05) is 0 Å². The van der Waals surface area contributed by atoms with E-state index in [1.54, 1.807) is 49.4 Å². The molecule has 8 nitrogen and oxygen atoms in total. The van der Waals surface area contributed by atoms with Crippen molar-refractivity contribution in [3.63, 3.8) is 0 Å². The van der Waals surface area contributed by atoms with Crippen molar-refractivity contribution in [2.45, 2.75) is 38.4 Å². The van der Waals surface area contributed by atoms with Gasteiger partial charge in [-0.2, -0.15) is 27.2 Å². The number of aryl methyl sites for hydroxylation is 1. The van der Waals surface area contributed by atoms with E-state index in [-0.39, 0.29) is 12.2 Å². The van der Waals surface area contributed by atoms with E-state index in [9.17, 15) is 31.9 Å². The Labute approximate surface area is 200 Å². The van der Waals surface area contributed by atoms with Gasteiger partial charge in [0.2, 0.25) is 5.82 Å². The summed E-state index contributed by atoms with van der Waals surface area (Å²) in [5, 5.41) is 23.2. The molecule has 0 fully saturated rings. The first kappa shape index (κ1) is 24.9. The van der Waals surface area contributed by atoms with Gasteiger partial charge in [-0.05, 0) is 28.3 Å². The van der Waals surface area contributed by atoms with Crippen molar-refractivity contribution in [1.82, 2.24) is 30.2 Å². The Morgan fingerprint density at radius 1 is 1.03 bits per heavy atom. The van der Waals surface area contributed by atoms with Gasteiger partial charge in [0.15, 0.2) is 5.69 Å². The minimum absolute atomic E-state index is 0.0182. The summed E-state index contributed by atoms with van der Waals surface area (Å²) in [5.74, 6) is -7.18. The van der Waals surface area contributed by atoms with Gasteiger partial charge in [0.25, 0.3) is 0 Å². The SMILES string of the molecule is CCCc1nc(C(=O)O)c(C(F)(F)C(F)(F)F)n1Cc1ccc(-c2ccccc2-c2nn[nH]n2)cc1. The molecule has 0 bridgehead atoms. The highest BCUT2D eigenvalue weighted by Gasteiger charge is 2.62. The lowest BCUT2D eigenvalue weighted by atomic mass is 9.98. The number of hydrogen-bond acceptors (Lipinski definition) is 5. The topological polar surface area (TPSA) is 110 Å². The molecule has 0 aliphatic rings. The lowest BCUT2D eigenvalue weighted by Crippen LogP contribution is -2.37. The van der Waals surface area contributed by atoms with E-state index >= 15 is 0 Å². The molecule has 36 heavy (non-hydrogen) atoms. The van der Waals surface area contributed by atoms with Crippen LogP contribution in [0, 0.1) is 0 Å². The lowest BCUT2D eigenvalue weighted by molar-refractivity contribution is -0.292. The van der Waals surface area contributed by atoms with Gasteiger partial charge >= 0.3 is 18.1 Å². The summed E-state index contributed by atoms with van der Waals surface area (Å²) >= 11 is 0. The second-order valence-corrected chi connectivity index (χ2v) is 7.92. The molecule has 0 aliphatic carbocycles. The first-order valence-corrected chi connectivity index (χ1v) is 10.7. The summed E-state index contributed by atoms with van der Waals surface area (Å²) in [5.41, 5.74) is -0.481. The maximum absolute atomic E-state index is 14.5. The number of imidazole rings is 1. The number of halogens is 5. The molecule has 0 saturated heterocycles. The number of nitrogens with zero attached hydrogens (tertiary/aromatic N) is 5. The molecule has 0 amide bonds. The van der Waals surface area contributed by atoms with E-state index in [1.165, 1.54) is 0 Å². The standard InChI is InChI=1S/C23H19F5N6O2/c1-2-5-17-29-18(21(35)36)19(22(24,25)23(26,27)28)34(17)12-13-8-10-14(11-9-13)15-6-3-4-7-16(15)20-30-32-33-31-20/h3-4,6-11H,2,5,12H2,1H3,(H,35,36)(H,30,31,32,33). The van der Waals surface area contributed by atoms with Crippen LogP contribution in [0.1, 0.15) is 40.9 Å². The van der Waals surface area contributed by atoms with Gasteiger partial charge in [-0.25, -0.2) is 9.78 Å². The zero-order chi connectivity index (χ0) is 26.1. The Morgan fingerprint density at radius 2 is 1.69 bits per heavy atom. The van der Waals surface area contributed by atoms with Crippen molar-refractivity contribution in [1.29, 1.82) is 0 Å². The van der Waals surface area contributed by atoms with Crippen molar-refractivity contribution >= 4 is 5.97 Å². The van der Waals surface area contributed by atoms with Gasteiger partial charge in [0, 0.05) is 18.5 Å². The maximum Gasteiger partial charge on any atom is 0.459 e. The maximum atomic E-state index is 14.5. The number of alkyl halides is 5. The van der Waals surface area contributed by atoms with E-state index in [0.717, 1.165) is 5.56 Å². The monoisotopic (exact) mass is 506 g/mol. The molecule has 0 unspecified atom stereocenters. The number of carboxylic acids is 1. The first-order chi connectivity index (χ1) is 17.0. The Kier molecular flexibility index (Phi) is 6.57. The fourth-order valence-electron chi connectivity index (χ4n) is 3.86. The van der Waals surface area contributed by atoms with E-state index in [1.807, 2.05) is 6.07 Å². The first-order valence-electron chi connectivity index (χ1n) is 10.7. The fraction of sp³-hybridized carbons (Fsp3) is 0.261. The van der Waals surface area contributed by atoms with Crippen LogP contribution in [0.5, 0.6) is 0 Å². The lowest BCUT2D eigenvalue weighted by Gasteiger charge is -2.22. The summed E-state index contributed by atoms with van der Waals surface area (Å²) in [7, 11) is 0. The minimum Gasteiger partial charge on any atom is -0.476 e. The van der Waals surface area contributed by atoms with E-state index in [4.69, 9.17) is 0 Å². The zero-order valence-electron chi connectivity index (χ0n) is 18.7. The van der Waals surface area contributed by atoms with Crippen molar-refractivity contribution in [3.05, 3.63) is 71.3 Å². The van der Waals surface area contributed by atoms with Gasteiger partial charge in [0.05, 0.1) is 0 Å². The number of aromatic carboxylic acids is 1. The summed E-state index contributed by atoms with van der Waals surface area (Å²) in [6, 6.07) is 13.7. The quantitative estimate of drug-likeness (QED) is 0.323. The van der Waals surface area contributed by atoms with Crippen LogP contribution in [-0.2, 0) is 18.9 Å². The molecule has 4 rings (SSSR count). The molecular weight excluding hydrogens is 487 g/mol. The van der Waals surface area contributed by atoms with Crippen LogP contribution in [0.3, 0.4) is 0 Å². The molecule has 0 spiro atoms. The van der Waals surface area contributed by atoms with Crippen LogP contribution in [-0.4, -0.2) is 47.4 Å². The van der Waals surface area contributed by atoms with Crippen LogP contribution in [0.4, 0.5) is 22.0 Å². The molecule has 2 N–H and O–H groups in total. The second kappa shape index (κ2) is 9.47. The normalized spacial score (nSPS) is 12.2. The van der Waals surface area contributed by atoms with Gasteiger partial charge in [-0.15, -0.1) is 10.2 Å². The largest absolute Gasteiger partial charge is 0.476 e. The molecule has 4 aromatic rings. The van der Waals surface area contributed by atoms with Crippen LogP contribution in [0.15, 0.2) is 48.5 Å². The molecule has 188 valence electrons. The summed E-state index contributed by atoms with van der Waals surface area (Å²) < 4.78 is 69.5. The zero-order valence-corrected chi connectivity index (χ0v) is 18.7. The number of benzene rings is 2. The van der Waals surface area contributed by atoms with Gasteiger partial charge in [-0.1, -0.05) is 55.5 Å². The van der Waals surface area contributed by atoms with Crippen LogP contribution in [0.25, 0.3) is 22.5 Å². The predicted octanol–water partition coefficient (Wildman–Crippen LogP) is 5.08. The Balaban J connectivity index is 1.76. The fourth-order valence-corrected chi connectivity index (χ4v) is 3.86. The average molecular weight is 506 g/mol. The van der Waals surface area contributed by atoms with Gasteiger partial charge in [-0.3, -0.25) is 0 Å². The highest BCUT2D eigenvalue weighted by atomic mass is 19.4. The van der Waals surface area contributed by atoms with Crippen molar-refractivity contribution in [3.8, 4) is 22.5 Å². The average Bonchev–Trinajstić information content (AvgIpc) is 3.48. The predicted molar refractivity (Wildman–Crippen MR) is 117 cm³/mol. The van der Waals surface area contributed by atoms with Crippen LogP contribution < -0.4 is 0 Å². The Morgan fingerprint density at radius 3 is 2.25 bits per heavy atom. The number of hydrogen-bond donors (Lipinski definition) is 2. The summed E-state index contributed by atoms with van der Waals surface area (Å²) in [4.78, 5) is 15.2. The molecule has 0 saturated carbocycles. The number of aromatic nitrogens is 6. The summed E-state index contributed by atoms with van der Waals surface area (Å²) in [6.07, 6.45) is -5.62. The number of rotatable bonds is 8. The number of carbonyl (C=O) groups is 1. The number of H-pyrrole nitrogens is 1. The van der Waals surface area contributed by atoms with Crippen molar-refractivity contribution < 1.29 is 31.9 Å². The van der Waals surface area contributed by atoms with Gasteiger partial charge < -0.3 is 9.67 Å². The third-order valence-electron chi connectivity index (χ3n) is 5.50. The summed E-state index contributed by atoms with van der Waals surface area (Å²) in [6.45, 7) is 1.25. The highest BCUT2D eigenvalue weighted by Crippen LogP contribution is 2.45. The molecular formula is C23H19F5N6O2. The number of carboxylic acid groups (broad SMARTS) is 1. The van der Waals surface area contributed by atoms with Gasteiger partial charge in [0.1, 0.15) is 11.5 Å². The smallest absolute Gasteiger partial charge is 0.459 e. The molecule has 0 atom stereocenters. The number of tetrazole rings is 1. The molecule has 2 aromatic carbocycles. The highest BCUT2D eigenvalue weighted by molar-refractivity contribution is 5.87. The molecule has 13 heteroatoms. The third kappa shape index (κ3) is 4.55. The van der Waals surface area contributed by atoms with Crippen molar-refractivity contribution in [2.24, 2.45) is 0 Å². The van der Waals surface area contributed by atoms with Crippen LogP contribution >= 0.6 is 0 Å². The van der Waals surface area contributed by atoms with E-state index in [2.05, 4.69) is 25.6 Å².